The number of halogens is 1. The average molecular weight is 385 g/mol. The van der Waals surface area contributed by atoms with Gasteiger partial charge in [-0.2, -0.15) is 0 Å². The van der Waals surface area contributed by atoms with Gasteiger partial charge in [-0.3, -0.25) is 9.59 Å². The van der Waals surface area contributed by atoms with Gasteiger partial charge in [0.1, 0.15) is 0 Å². The number of hydrogen-bond donors (Lipinski definition) is 1. The van der Waals surface area contributed by atoms with Crippen molar-refractivity contribution in [2.24, 2.45) is 0 Å². The number of nitrogens with zero attached hydrogens (tertiary/aromatic N) is 1. The van der Waals surface area contributed by atoms with Crippen LogP contribution in [0.1, 0.15) is 18.4 Å². The Kier molecular flexibility index (Phi) is 5.11. The second-order valence-electron chi connectivity index (χ2n) is 5.57. The molecule has 1 aliphatic rings. The van der Waals surface area contributed by atoms with Crippen molar-refractivity contribution in [1.82, 2.24) is 0 Å². The Hall–Kier alpha value is -2.40. The molecule has 122 valence electrons. The normalized spacial score (nSPS) is 14.4. The Balaban J connectivity index is 1.60. The third kappa shape index (κ3) is 4.11. The summed E-state index contributed by atoms with van der Waals surface area (Å²) in [7, 11) is 0. The van der Waals surface area contributed by atoms with Gasteiger partial charge in [-0.05, 0) is 54.5 Å². The molecule has 0 aromatic heterocycles. The summed E-state index contributed by atoms with van der Waals surface area (Å²) in [6, 6.07) is 15.0. The quantitative estimate of drug-likeness (QED) is 0.801. The monoisotopic (exact) mass is 384 g/mol. The van der Waals surface area contributed by atoms with Crippen LogP contribution in [0.15, 0.2) is 59.1 Å². The van der Waals surface area contributed by atoms with Gasteiger partial charge >= 0.3 is 0 Å². The zero-order chi connectivity index (χ0) is 16.9. The van der Waals surface area contributed by atoms with E-state index in [1.165, 1.54) is 6.08 Å². The van der Waals surface area contributed by atoms with Crippen LogP contribution in [0.4, 0.5) is 11.4 Å². The fourth-order valence-corrected chi connectivity index (χ4v) is 2.84. The van der Waals surface area contributed by atoms with Crippen molar-refractivity contribution in [3.63, 3.8) is 0 Å². The third-order valence-electron chi connectivity index (χ3n) is 3.82. The van der Waals surface area contributed by atoms with Gasteiger partial charge in [0.15, 0.2) is 0 Å². The molecule has 2 aromatic carbocycles. The number of amides is 2. The van der Waals surface area contributed by atoms with E-state index in [1.807, 2.05) is 48.5 Å². The number of carbonyl (C=O) groups is 2. The van der Waals surface area contributed by atoms with Gasteiger partial charge in [0.05, 0.1) is 0 Å². The Labute approximate surface area is 149 Å². The van der Waals surface area contributed by atoms with E-state index >= 15 is 0 Å². The predicted molar refractivity (Wildman–Crippen MR) is 99.8 cm³/mol. The second-order valence-corrected chi connectivity index (χ2v) is 6.49. The molecule has 1 aliphatic heterocycles. The minimum Gasteiger partial charge on any atom is -0.323 e. The standard InChI is InChI=1S/C19H17BrN2O2/c20-15-6-3-14(4-7-15)5-12-18(23)21-16-8-10-17(11-9-16)22-13-1-2-19(22)24/h3-12H,1-2,13H2,(H,21,23)/b12-5+. The molecule has 1 N–H and O–H groups in total. The summed E-state index contributed by atoms with van der Waals surface area (Å²) in [5, 5.41) is 2.81. The van der Waals surface area contributed by atoms with E-state index in [1.54, 1.807) is 11.0 Å². The maximum Gasteiger partial charge on any atom is 0.248 e. The largest absolute Gasteiger partial charge is 0.323 e. The van der Waals surface area contributed by atoms with Gasteiger partial charge in [0.25, 0.3) is 0 Å². The van der Waals surface area contributed by atoms with Crippen molar-refractivity contribution < 1.29 is 9.59 Å². The van der Waals surface area contributed by atoms with Crippen LogP contribution in [0, 0.1) is 0 Å². The Morgan fingerprint density at radius 3 is 2.42 bits per heavy atom. The van der Waals surface area contributed by atoms with E-state index in [2.05, 4.69) is 21.2 Å². The molecule has 24 heavy (non-hydrogen) atoms. The molecule has 2 aromatic rings. The van der Waals surface area contributed by atoms with Gasteiger partial charge < -0.3 is 10.2 Å². The maximum atomic E-state index is 12.0. The molecule has 3 rings (SSSR count). The Bertz CT molecular complexity index is 767. The molecule has 5 heteroatoms. The van der Waals surface area contributed by atoms with Crippen LogP contribution in [0.3, 0.4) is 0 Å². The van der Waals surface area contributed by atoms with Crippen molar-refractivity contribution in [2.75, 3.05) is 16.8 Å². The summed E-state index contributed by atoms with van der Waals surface area (Å²) in [5.41, 5.74) is 2.54. The van der Waals surface area contributed by atoms with Crippen LogP contribution in [-0.2, 0) is 9.59 Å². The number of rotatable bonds is 4. The van der Waals surface area contributed by atoms with Crippen LogP contribution >= 0.6 is 15.9 Å². The van der Waals surface area contributed by atoms with E-state index in [0.717, 1.165) is 28.7 Å². The highest BCUT2D eigenvalue weighted by Crippen LogP contribution is 2.23. The number of carbonyl (C=O) groups excluding carboxylic acids is 2. The van der Waals surface area contributed by atoms with E-state index in [4.69, 9.17) is 0 Å². The number of benzene rings is 2. The summed E-state index contributed by atoms with van der Waals surface area (Å²) in [6.07, 6.45) is 4.78. The molecule has 4 nitrogen and oxygen atoms in total. The van der Waals surface area contributed by atoms with Crippen LogP contribution in [0.25, 0.3) is 6.08 Å². The highest BCUT2D eigenvalue weighted by Gasteiger charge is 2.21. The maximum absolute atomic E-state index is 12.0. The molecule has 0 aliphatic carbocycles. The fraction of sp³-hybridized carbons (Fsp3) is 0.158. The minimum atomic E-state index is -0.192. The second kappa shape index (κ2) is 7.45. The van der Waals surface area contributed by atoms with Crippen molar-refractivity contribution >= 4 is 45.2 Å². The predicted octanol–water partition coefficient (Wildman–Crippen LogP) is 4.23. The van der Waals surface area contributed by atoms with Crippen molar-refractivity contribution in [1.29, 1.82) is 0 Å². The first kappa shape index (κ1) is 16.5. The van der Waals surface area contributed by atoms with Crippen molar-refractivity contribution in [2.45, 2.75) is 12.8 Å². The molecule has 0 bridgehead atoms. The molecule has 0 atom stereocenters. The zero-order valence-corrected chi connectivity index (χ0v) is 14.6. The Morgan fingerprint density at radius 1 is 1.08 bits per heavy atom. The molecule has 0 saturated carbocycles. The van der Waals surface area contributed by atoms with Crippen LogP contribution in [0.2, 0.25) is 0 Å². The topological polar surface area (TPSA) is 49.4 Å². The lowest BCUT2D eigenvalue weighted by atomic mass is 10.2. The first-order valence-electron chi connectivity index (χ1n) is 7.77. The number of nitrogens with one attached hydrogen (secondary N) is 1. The molecular weight excluding hydrogens is 368 g/mol. The van der Waals surface area contributed by atoms with Gasteiger partial charge in [-0.25, -0.2) is 0 Å². The highest BCUT2D eigenvalue weighted by atomic mass is 79.9. The highest BCUT2D eigenvalue weighted by molar-refractivity contribution is 9.10. The summed E-state index contributed by atoms with van der Waals surface area (Å²) in [4.78, 5) is 25.5. The van der Waals surface area contributed by atoms with Crippen LogP contribution in [-0.4, -0.2) is 18.4 Å². The van der Waals surface area contributed by atoms with E-state index in [0.29, 0.717) is 12.1 Å². The molecule has 1 heterocycles. The van der Waals surface area contributed by atoms with Crippen LogP contribution in [0.5, 0.6) is 0 Å². The molecule has 1 fully saturated rings. The third-order valence-corrected chi connectivity index (χ3v) is 4.35. The lowest BCUT2D eigenvalue weighted by Crippen LogP contribution is -2.23. The van der Waals surface area contributed by atoms with E-state index in [-0.39, 0.29) is 11.8 Å². The molecule has 2 amide bonds. The first-order valence-corrected chi connectivity index (χ1v) is 8.56. The SMILES string of the molecule is O=C(/C=C/c1ccc(Br)cc1)Nc1ccc(N2CCCC2=O)cc1. The van der Waals surface area contributed by atoms with E-state index < -0.39 is 0 Å². The lowest BCUT2D eigenvalue weighted by molar-refractivity contribution is -0.117. The molecular formula is C19H17BrN2O2. The van der Waals surface area contributed by atoms with Gasteiger partial charge in [0, 0.05) is 34.9 Å². The number of anilines is 2. The molecule has 0 unspecified atom stereocenters. The van der Waals surface area contributed by atoms with E-state index in [9.17, 15) is 9.59 Å². The summed E-state index contributed by atoms with van der Waals surface area (Å²) < 4.78 is 1.00. The Morgan fingerprint density at radius 2 is 1.79 bits per heavy atom. The number of hydrogen-bond acceptors (Lipinski definition) is 2. The van der Waals surface area contributed by atoms with Crippen LogP contribution < -0.4 is 10.2 Å². The minimum absolute atomic E-state index is 0.157. The summed E-state index contributed by atoms with van der Waals surface area (Å²) in [6.45, 7) is 0.764. The summed E-state index contributed by atoms with van der Waals surface area (Å²) >= 11 is 3.38. The van der Waals surface area contributed by atoms with Gasteiger partial charge in [0.2, 0.25) is 11.8 Å². The fourth-order valence-electron chi connectivity index (χ4n) is 2.58. The lowest BCUT2D eigenvalue weighted by Gasteiger charge is -2.15. The molecule has 0 spiro atoms. The van der Waals surface area contributed by atoms with Crippen molar-refractivity contribution in [3.05, 3.63) is 64.6 Å². The zero-order valence-electron chi connectivity index (χ0n) is 13.0. The average Bonchev–Trinajstić information content (AvgIpc) is 3.01. The van der Waals surface area contributed by atoms with Gasteiger partial charge in [-0.1, -0.05) is 28.1 Å². The summed E-state index contributed by atoms with van der Waals surface area (Å²) in [5.74, 6) is -0.0351. The first-order chi connectivity index (χ1) is 11.6. The molecule has 1 saturated heterocycles. The van der Waals surface area contributed by atoms with Crippen molar-refractivity contribution in [3.8, 4) is 0 Å². The smallest absolute Gasteiger partial charge is 0.248 e. The van der Waals surface area contributed by atoms with Gasteiger partial charge in [-0.15, -0.1) is 0 Å². The molecule has 0 radical (unpaired) electrons.